The van der Waals surface area contributed by atoms with Crippen LogP contribution in [0, 0.1) is 0 Å². The van der Waals surface area contributed by atoms with Crippen LogP contribution in [0.5, 0.6) is 0 Å². The van der Waals surface area contributed by atoms with Crippen LogP contribution in [-0.2, 0) is 14.3 Å². The van der Waals surface area contributed by atoms with Gasteiger partial charge < -0.3 is 20.1 Å². The number of ether oxygens (including phenoxy) is 1. The van der Waals surface area contributed by atoms with Crippen molar-refractivity contribution in [3.05, 3.63) is 59.7 Å². The number of benzene rings is 2. The Labute approximate surface area is 210 Å². The molecule has 186 valence electrons. The predicted molar refractivity (Wildman–Crippen MR) is 137 cm³/mol. The summed E-state index contributed by atoms with van der Waals surface area (Å²) in [6.07, 6.45) is 0.00280. The van der Waals surface area contributed by atoms with Crippen LogP contribution in [0.4, 0.5) is 4.79 Å². The molecule has 0 saturated carbocycles. The molecule has 1 heterocycles. The van der Waals surface area contributed by atoms with Crippen LogP contribution in [0.1, 0.15) is 50.2 Å². The Morgan fingerprint density at radius 2 is 1.71 bits per heavy atom. The molecule has 0 aromatic heterocycles. The van der Waals surface area contributed by atoms with Gasteiger partial charge in [0.05, 0.1) is 0 Å². The monoisotopic (exact) mass is 496 g/mol. The highest BCUT2D eigenvalue weighted by Gasteiger charge is 2.34. The fraction of sp³-hybridized carbons (Fsp3) is 0.444. The molecule has 1 aliphatic carbocycles. The summed E-state index contributed by atoms with van der Waals surface area (Å²) in [5.74, 6) is -1.34. The number of carboxylic acid groups (broad SMARTS) is 1. The number of aliphatic carboxylic acids is 1. The molecular formula is C27H32N2O5S. The summed E-state index contributed by atoms with van der Waals surface area (Å²) in [6.45, 7) is 5.61. The maximum atomic E-state index is 13.2. The second kappa shape index (κ2) is 11.2. The molecule has 2 aromatic carbocycles. The van der Waals surface area contributed by atoms with Crippen LogP contribution >= 0.6 is 11.8 Å². The van der Waals surface area contributed by atoms with Gasteiger partial charge in [-0.05, 0) is 40.3 Å². The van der Waals surface area contributed by atoms with Crippen molar-refractivity contribution in [3.8, 4) is 11.1 Å². The Hall–Kier alpha value is -3.00. The number of hydrogen-bond acceptors (Lipinski definition) is 5. The molecule has 2 amide bonds. The molecule has 0 bridgehead atoms. The van der Waals surface area contributed by atoms with E-state index in [4.69, 9.17) is 9.84 Å². The topological polar surface area (TPSA) is 95.9 Å². The number of carboxylic acids is 1. The minimum atomic E-state index is -1.01. The van der Waals surface area contributed by atoms with Crippen LogP contribution in [0.15, 0.2) is 48.5 Å². The highest BCUT2D eigenvalue weighted by atomic mass is 32.2. The summed E-state index contributed by atoms with van der Waals surface area (Å²) in [5.41, 5.74) is 4.47. The fourth-order valence-electron chi connectivity index (χ4n) is 4.95. The number of carbonyl (C=O) groups is 3. The van der Waals surface area contributed by atoms with Crippen LogP contribution < -0.4 is 5.32 Å². The first-order valence-corrected chi connectivity index (χ1v) is 13.0. The Bertz CT molecular complexity index is 1040. The normalized spacial score (nSPS) is 17.7. The highest BCUT2D eigenvalue weighted by molar-refractivity contribution is 8.00. The third-order valence-electron chi connectivity index (χ3n) is 6.50. The molecule has 35 heavy (non-hydrogen) atoms. The van der Waals surface area contributed by atoms with Crippen LogP contribution in [0.25, 0.3) is 11.1 Å². The summed E-state index contributed by atoms with van der Waals surface area (Å²) in [7, 11) is 0. The lowest BCUT2D eigenvalue weighted by molar-refractivity contribution is -0.137. The maximum absolute atomic E-state index is 13.2. The first kappa shape index (κ1) is 25.1. The van der Waals surface area contributed by atoms with Crippen molar-refractivity contribution in [2.75, 3.05) is 19.7 Å². The van der Waals surface area contributed by atoms with Crippen LogP contribution in [0.2, 0.25) is 0 Å². The van der Waals surface area contributed by atoms with Gasteiger partial charge in [0.15, 0.2) is 0 Å². The Balaban J connectivity index is 1.39. The van der Waals surface area contributed by atoms with E-state index in [1.165, 1.54) is 0 Å². The van der Waals surface area contributed by atoms with Gasteiger partial charge in [-0.3, -0.25) is 9.59 Å². The van der Waals surface area contributed by atoms with Crippen molar-refractivity contribution in [1.82, 2.24) is 10.2 Å². The number of nitrogens with zero attached hydrogens (tertiary/aromatic N) is 1. The standard InChI is InChI=1S/C27H32N2O5S/c1-17(2)35-18-13-14-29(15-18)26(32)24(11-12-25(30)31)28-27(33)34-16-23-21-9-5-3-7-19(21)20-8-4-6-10-22(20)23/h3-10,17-18,23-24H,11-16H2,1-2H3,(H,28,33)(H,30,31). The van der Waals surface area contributed by atoms with Crippen molar-refractivity contribution in [1.29, 1.82) is 0 Å². The number of alkyl carbamates (subject to hydrolysis) is 1. The summed E-state index contributed by atoms with van der Waals surface area (Å²) >= 11 is 1.84. The number of thioether (sulfide) groups is 1. The van der Waals surface area contributed by atoms with E-state index in [2.05, 4.69) is 31.3 Å². The molecule has 1 aliphatic heterocycles. The van der Waals surface area contributed by atoms with Crippen LogP contribution in [0.3, 0.4) is 0 Å². The number of hydrogen-bond donors (Lipinski definition) is 2. The van der Waals surface area contributed by atoms with Gasteiger partial charge in [0.1, 0.15) is 12.6 Å². The maximum Gasteiger partial charge on any atom is 0.407 e. The van der Waals surface area contributed by atoms with Gasteiger partial charge in [-0.15, -0.1) is 0 Å². The average Bonchev–Trinajstić information content (AvgIpc) is 3.42. The molecule has 0 spiro atoms. The van der Waals surface area contributed by atoms with E-state index in [1.807, 2.05) is 48.2 Å². The quantitative estimate of drug-likeness (QED) is 0.531. The number of likely N-dealkylation sites (tertiary alicyclic amines) is 1. The lowest BCUT2D eigenvalue weighted by Gasteiger charge is -2.24. The minimum absolute atomic E-state index is 0.0247. The van der Waals surface area contributed by atoms with E-state index in [0.717, 1.165) is 28.7 Å². The summed E-state index contributed by atoms with van der Waals surface area (Å²) < 4.78 is 5.59. The molecule has 7 nitrogen and oxygen atoms in total. The van der Waals surface area contributed by atoms with E-state index in [1.54, 1.807) is 4.90 Å². The zero-order valence-corrected chi connectivity index (χ0v) is 20.9. The van der Waals surface area contributed by atoms with Gasteiger partial charge in [-0.2, -0.15) is 11.8 Å². The third kappa shape index (κ3) is 5.99. The Morgan fingerprint density at radius 3 is 2.31 bits per heavy atom. The number of nitrogens with one attached hydrogen (secondary N) is 1. The molecule has 8 heteroatoms. The van der Waals surface area contributed by atoms with Gasteiger partial charge in [0.25, 0.3) is 0 Å². The number of amides is 2. The zero-order valence-electron chi connectivity index (χ0n) is 20.1. The summed E-state index contributed by atoms with van der Waals surface area (Å²) in [5, 5.41) is 12.6. The molecule has 1 saturated heterocycles. The van der Waals surface area contributed by atoms with Crippen molar-refractivity contribution in [3.63, 3.8) is 0 Å². The molecule has 4 rings (SSSR count). The van der Waals surface area contributed by atoms with Gasteiger partial charge in [0, 0.05) is 30.7 Å². The van der Waals surface area contributed by atoms with Crippen molar-refractivity contribution < 1.29 is 24.2 Å². The smallest absolute Gasteiger partial charge is 0.407 e. The van der Waals surface area contributed by atoms with Crippen LogP contribution in [-0.4, -0.2) is 64.2 Å². The molecule has 2 atom stereocenters. The zero-order chi connectivity index (χ0) is 24.9. The van der Waals surface area contributed by atoms with E-state index >= 15 is 0 Å². The Kier molecular flexibility index (Phi) is 8.00. The van der Waals surface area contributed by atoms with E-state index in [-0.39, 0.29) is 31.3 Å². The second-order valence-electron chi connectivity index (χ2n) is 9.33. The summed E-state index contributed by atoms with van der Waals surface area (Å²) in [4.78, 5) is 38.8. The predicted octanol–water partition coefficient (Wildman–Crippen LogP) is 4.50. The molecule has 2 unspecified atom stereocenters. The molecular weight excluding hydrogens is 464 g/mol. The largest absolute Gasteiger partial charge is 0.481 e. The van der Waals surface area contributed by atoms with Crippen molar-refractivity contribution in [2.45, 2.75) is 55.6 Å². The van der Waals surface area contributed by atoms with Crippen molar-refractivity contribution in [2.24, 2.45) is 0 Å². The van der Waals surface area contributed by atoms with Crippen molar-refractivity contribution >= 4 is 29.7 Å². The first-order chi connectivity index (χ1) is 16.8. The number of carbonyl (C=O) groups excluding carboxylic acids is 2. The molecule has 0 radical (unpaired) electrons. The van der Waals surface area contributed by atoms with E-state index < -0.39 is 18.1 Å². The molecule has 2 aliphatic rings. The van der Waals surface area contributed by atoms with E-state index in [0.29, 0.717) is 23.6 Å². The summed E-state index contributed by atoms with van der Waals surface area (Å²) in [6, 6.07) is 15.2. The SMILES string of the molecule is CC(C)SC1CCN(C(=O)C(CCC(=O)O)NC(=O)OCC2c3ccccc3-c3ccccc32)C1. The third-order valence-corrected chi connectivity index (χ3v) is 7.82. The molecule has 2 N–H and O–H groups in total. The average molecular weight is 497 g/mol. The Morgan fingerprint density at radius 1 is 1.09 bits per heavy atom. The molecule has 1 fully saturated rings. The first-order valence-electron chi connectivity index (χ1n) is 12.1. The lowest BCUT2D eigenvalue weighted by Crippen LogP contribution is -2.48. The number of rotatable bonds is 9. The van der Waals surface area contributed by atoms with Gasteiger partial charge in [-0.1, -0.05) is 62.4 Å². The second-order valence-corrected chi connectivity index (χ2v) is 11.2. The lowest BCUT2D eigenvalue weighted by atomic mass is 9.98. The van der Waals surface area contributed by atoms with Gasteiger partial charge in [-0.25, -0.2) is 4.79 Å². The minimum Gasteiger partial charge on any atom is -0.481 e. The van der Waals surface area contributed by atoms with Gasteiger partial charge >= 0.3 is 12.1 Å². The number of fused-ring (bicyclic) bond motifs is 3. The fourth-order valence-corrected chi connectivity index (χ4v) is 6.23. The molecule has 2 aromatic rings. The van der Waals surface area contributed by atoms with Gasteiger partial charge in [0.2, 0.25) is 5.91 Å². The van der Waals surface area contributed by atoms with E-state index in [9.17, 15) is 14.4 Å². The highest BCUT2D eigenvalue weighted by Crippen LogP contribution is 2.44.